The summed E-state index contributed by atoms with van der Waals surface area (Å²) in [5.74, 6) is -0.835. The number of unbranched alkanes of at least 4 members (excludes halogenated alkanes) is 1. The van der Waals surface area contributed by atoms with Crippen molar-refractivity contribution < 1.29 is 19.4 Å². The molecule has 1 aliphatic heterocycles. The number of nitrogens with zero attached hydrogens (tertiary/aromatic N) is 1. The van der Waals surface area contributed by atoms with Gasteiger partial charge in [0.2, 0.25) is 0 Å². The van der Waals surface area contributed by atoms with E-state index in [1.807, 2.05) is 0 Å². The summed E-state index contributed by atoms with van der Waals surface area (Å²) in [6, 6.07) is -0.169. The molecule has 1 heterocycles. The van der Waals surface area contributed by atoms with E-state index >= 15 is 0 Å². The molecule has 2 amide bonds. The second-order valence-electron chi connectivity index (χ2n) is 4.97. The first kappa shape index (κ1) is 14.8. The van der Waals surface area contributed by atoms with Gasteiger partial charge in [0.1, 0.15) is 0 Å². The summed E-state index contributed by atoms with van der Waals surface area (Å²) in [6.45, 7) is 3.76. The number of urea groups is 1. The second-order valence-corrected chi connectivity index (χ2v) is 4.97. The highest BCUT2D eigenvalue weighted by Gasteiger charge is 2.41. The van der Waals surface area contributed by atoms with Gasteiger partial charge in [-0.05, 0) is 26.2 Å². The molecule has 0 aliphatic carbocycles. The van der Waals surface area contributed by atoms with Gasteiger partial charge < -0.3 is 20.1 Å². The monoisotopic (exact) mass is 258 g/mol. The van der Waals surface area contributed by atoms with Crippen molar-refractivity contribution in [2.75, 3.05) is 33.4 Å². The van der Waals surface area contributed by atoms with E-state index in [0.717, 1.165) is 12.8 Å². The van der Waals surface area contributed by atoms with Crippen LogP contribution in [0.15, 0.2) is 0 Å². The number of hydrogen-bond acceptors (Lipinski definition) is 3. The third kappa shape index (κ3) is 3.87. The summed E-state index contributed by atoms with van der Waals surface area (Å²) >= 11 is 0. The molecule has 1 saturated heterocycles. The first-order valence-electron chi connectivity index (χ1n) is 6.25. The zero-order valence-corrected chi connectivity index (χ0v) is 11.1. The highest BCUT2D eigenvalue weighted by molar-refractivity contribution is 5.79. The number of aliphatic carboxylic acids is 1. The zero-order valence-electron chi connectivity index (χ0n) is 11.1. The maximum Gasteiger partial charge on any atom is 0.317 e. The Hall–Kier alpha value is -1.30. The molecule has 0 spiro atoms. The largest absolute Gasteiger partial charge is 0.481 e. The number of ether oxygens (including phenoxy) is 1. The van der Waals surface area contributed by atoms with E-state index in [1.54, 1.807) is 18.9 Å². The van der Waals surface area contributed by atoms with Crippen LogP contribution in [0.5, 0.6) is 0 Å². The lowest BCUT2D eigenvalue weighted by atomic mass is 9.90. The van der Waals surface area contributed by atoms with Gasteiger partial charge in [-0.2, -0.15) is 0 Å². The van der Waals surface area contributed by atoms with E-state index in [2.05, 4.69) is 5.32 Å². The normalized spacial score (nSPS) is 23.1. The van der Waals surface area contributed by atoms with Gasteiger partial charge in [-0.1, -0.05) is 0 Å². The molecule has 1 fully saturated rings. The van der Waals surface area contributed by atoms with Crippen LogP contribution < -0.4 is 5.32 Å². The van der Waals surface area contributed by atoms with E-state index in [9.17, 15) is 9.59 Å². The predicted octanol–water partition coefficient (Wildman–Crippen LogP) is 0.919. The molecule has 6 nitrogen and oxygen atoms in total. The molecule has 0 bridgehead atoms. The molecule has 104 valence electrons. The number of carboxylic acid groups (broad SMARTS) is 1. The Morgan fingerprint density at radius 3 is 2.72 bits per heavy atom. The topological polar surface area (TPSA) is 78.9 Å². The van der Waals surface area contributed by atoms with Gasteiger partial charge in [0.25, 0.3) is 0 Å². The molecular weight excluding hydrogens is 236 g/mol. The molecule has 0 aromatic rings. The molecular formula is C12H22N2O4. The van der Waals surface area contributed by atoms with Crippen molar-refractivity contribution in [3.05, 3.63) is 0 Å². The summed E-state index contributed by atoms with van der Waals surface area (Å²) in [6.07, 6.45) is 2.28. The van der Waals surface area contributed by atoms with Gasteiger partial charge in [0, 0.05) is 33.4 Å². The van der Waals surface area contributed by atoms with Gasteiger partial charge in [-0.25, -0.2) is 4.79 Å². The van der Waals surface area contributed by atoms with Crippen LogP contribution >= 0.6 is 0 Å². The number of carbonyl (C=O) groups is 2. The van der Waals surface area contributed by atoms with Gasteiger partial charge in [-0.3, -0.25) is 4.79 Å². The summed E-state index contributed by atoms with van der Waals surface area (Å²) < 4.78 is 4.91. The zero-order chi connectivity index (χ0) is 13.6. The summed E-state index contributed by atoms with van der Waals surface area (Å²) in [5, 5.41) is 11.9. The van der Waals surface area contributed by atoms with E-state index in [-0.39, 0.29) is 12.6 Å². The average Bonchev–Trinajstić information content (AvgIpc) is 2.73. The molecule has 2 N–H and O–H groups in total. The average molecular weight is 258 g/mol. The maximum absolute atomic E-state index is 11.8. The quantitative estimate of drug-likeness (QED) is 0.694. The van der Waals surface area contributed by atoms with Crippen LogP contribution in [0.25, 0.3) is 0 Å². The van der Waals surface area contributed by atoms with Crippen LogP contribution in [0.1, 0.15) is 26.2 Å². The fourth-order valence-corrected chi connectivity index (χ4v) is 1.99. The van der Waals surface area contributed by atoms with Gasteiger partial charge >= 0.3 is 12.0 Å². The van der Waals surface area contributed by atoms with Crippen molar-refractivity contribution in [2.45, 2.75) is 26.2 Å². The molecule has 0 saturated carbocycles. The fourth-order valence-electron chi connectivity index (χ4n) is 1.99. The Kier molecular flexibility index (Phi) is 5.40. The maximum atomic E-state index is 11.8. The summed E-state index contributed by atoms with van der Waals surface area (Å²) in [4.78, 5) is 24.4. The number of carboxylic acids is 1. The van der Waals surface area contributed by atoms with Gasteiger partial charge in [0.05, 0.1) is 5.41 Å². The number of rotatable bonds is 6. The minimum absolute atomic E-state index is 0.169. The Morgan fingerprint density at radius 2 is 2.17 bits per heavy atom. The molecule has 6 heteroatoms. The number of hydrogen-bond donors (Lipinski definition) is 2. The Balaban J connectivity index is 2.26. The Bertz CT molecular complexity index is 308. The molecule has 0 aromatic heterocycles. The summed E-state index contributed by atoms with van der Waals surface area (Å²) in [5.41, 5.74) is -0.798. The lowest BCUT2D eigenvalue weighted by Gasteiger charge is -2.20. The van der Waals surface area contributed by atoms with Crippen LogP contribution in [0.4, 0.5) is 4.79 Å². The first-order valence-corrected chi connectivity index (χ1v) is 6.25. The molecule has 0 aromatic carbocycles. The van der Waals surface area contributed by atoms with Crippen molar-refractivity contribution in [3.8, 4) is 0 Å². The highest BCUT2D eigenvalue weighted by Crippen LogP contribution is 2.29. The molecule has 1 atom stereocenters. The first-order chi connectivity index (χ1) is 8.49. The van der Waals surface area contributed by atoms with Crippen molar-refractivity contribution in [1.29, 1.82) is 0 Å². The van der Waals surface area contributed by atoms with Crippen LogP contribution in [-0.2, 0) is 9.53 Å². The minimum Gasteiger partial charge on any atom is -0.481 e. The third-order valence-corrected chi connectivity index (χ3v) is 3.33. The van der Waals surface area contributed by atoms with Crippen molar-refractivity contribution in [3.63, 3.8) is 0 Å². The molecule has 18 heavy (non-hydrogen) atoms. The molecule has 1 aliphatic rings. The number of nitrogens with one attached hydrogen (secondary N) is 1. The van der Waals surface area contributed by atoms with E-state index in [0.29, 0.717) is 26.1 Å². The number of carbonyl (C=O) groups excluding carboxylic acids is 1. The van der Waals surface area contributed by atoms with E-state index in [1.165, 1.54) is 0 Å². The third-order valence-electron chi connectivity index (χ3n) is 3.33. The highest BCUT2D eigenvalue weighted by atomic mass is 16.5. The Morgan fingerprint density at radius 1 is 1.44 bits per heavy atom. The predicted molar refractivity (Wildman–Crippen MR) is 66.4 cm³/mol. The SMILES string of the molecule is COCCCCNC(=O)N1CCC(C)(C(=O)O)C1. The standard InChI is InChI=1S/C12H22N2O4/c1-12(10(15)16)5-7-14(9-12)11(17)13-6-3-4-8-18-2/h3-9H2,1-2H3,(H,13,17)(H,15,16). The van der Waals surface area contributed by atoms with Crippen molar-refractivity contribution in [1.82, 2.24) is 10.2 Å². The smallest absolute Gasteiger partial charge is 0.317 e. The lowest BCUT2D eigenvalue weighted by molar-refractivity contribution is -0.146. The number of methoxy groups -OCH3 is 1. The second kappa shape index (κ2) is 6.58. The van der Waals surface area contributed by atoms with Crippen LogP contribution in [-0.4, -0.2) is 55.4 Å². The number of likely N-dealkylation sites (tertiary alicyclic amines) is 1. The van der Waals surface area contributed by atoms with Gasteiger partial charge in [-0.15, -0.1) is 0 Å². The summed E-state index contributed by atoms with van der Waals surface area (Å²) in [7, 11) is 1.65. The van der Waals surface area contributed by atoms with Crippen LogP contribution in [0.3, 0.4) is 0 Å². The van der Waals surface area contributed by atoms with Crippen molar-refractivity contribution in [2.24, 2.45) is 5.41 Å². The van der Waals surface area contributed by atoms with Crippen LogP contribution in [0.2, 0.25) is 0 Å². The minimum atomic E-state index is -0.835. The lowest BCUT2D eigenvalue weighted by Crippen LogP contribution is -2.41. The van der Waals surface area contributed by atoms with E-state index in [4.69, 9.17) is 9.84 Å². The van der Waals surface area contributed by atoms with Gasteiger partial charge in [0.15, 0.2) is 0 Å². The molecule has 0 radical (unpaired) electrons. The van der Waals surface area contributed by atoms with Crippen molar-refractivity contribution >= 4 is 12.0 Å². The van der Waals surface area contributed by atoms with Crippen LogP contribution in [0, 0.1) is 5.41 Å². The molecule has 1 rings (SSSR count). The Labute approximate surface area is 107 Å². The number of amides is 2. The van der Waals surface area contributed by atoms with E-state index < -0.39 is 11.4 Å². The fraction of sp³-hybridized carbons (Fsp3) is 0.833. The molecule has 1 unspecified atom stereocenters.